The van der Waals surface area contributed by atoms with Gasteiger partial charge in [-0.2, -0.15) is 0 Å². The number of amides is 1. The largest absolute Gasteiger partial charge is 0.374 e. The molecule has 0 aromatic heterocycles. The number of rotatable bonds is 3. The summed E-state index contributed by atoms with van der Waals surface area (Å²) in [6.45, 7) is 12.3. The summed E-state index contributed by atoms with van der Waals surface area (Å²) in [5.74, 6) is 0.340. The first-order valence-electron chi connectivity index (χ1n) is 5.51. The molecule has 1 aliphatic heterocycles. The van der Waals surface area contributed by atoms with E-state index in [1.807, 2.05) is 20.8 Å². The van der Waals surface area contributed by atoms with E-state index in [9.17, 15) is 4.79 Å². The molecule has 1 amide bonds. The molecule has 1 N–H and O–H groups in total. The van der Waals surface area contributed by atoms with Crippen molar-refractivity contribution in [3.63, 3.8) is 0 Å². The summed E-state index contributed by atoms with van der Waals surface area (Å²) in [7, 11) is 0. The molecular weight excluding hydrogens is 190 g/mol. The van der Waals surface area contributed by atoms with E-state index in [0.29, 0.717) is 6.54 Å². The third kappa shape index (κ3) is 2.81. The number of hydrogen-bond acceptors (Lipinski definition) is 2. The third-order valence-corrected chi connectivity index (χ3v) is 3.11. The number of ether oxygens (including phenoxy) is 1. The van der Waals surface area contributed by atoms with Gasteiger partial charge in [-0.1, -0.05) is 19.1 Å². The second-order valence-corrected chi connectivity index (χ2v) is 4.61. The molecule has 15 heavy (non-hydrogen) atoms. The third-order valence-electron chi connectivity index (χ3n) is 3.11. The van der Waals surface area contributed by atoms with Gasteiger partial charge in [0.25, 0.3) is 0 Å². The highest BCUT2D eigenvalue weighted by Crippen LogP contribution is 2.32. The van der Waals surface area contributed by atoms with Gasteiger partial charge in [0.1, 0.15) is 0 Å². The Hall–Kier alpha value is -0.830. The molecular formula is C12H21NO2. The molecule has 1 aliphatic rings. The highest BCUT2D eigenvalue weighted by molar-refractivity contribution is 5.80. The smallest absolute Gasteiger partial charge is 0.226 e. The molecule has 0 aromatic rings. The minimum absolute atomic E-state index is 0.0140. The van der Waals surface area contributed by atoms with Gasteiger partial charge in [0, 0.05) is 6.54 Å². The van der Waals surface area contributed by atoms with Crippen LogP contribution in [0.25, 0.3) is 0 Å². The Labute approximate surface area is 91.9 Å². The van der Waals surface area contributed by atoms with Crippen molar-refractivity contribution in [3.8, 4) is 0 Å². The first-order valence-corrected chi connectivity index (χ1v) is 5.51. The maximum absolute atomic E-state index is 11.9. The molecule has 0 saturated carbocycles. The zero-order chi connectivity index (χ0) is 11.6. The molecule has 86 valence electrons. The van der Waals surface area contributed by atoms with Crippen molar-refractivity contribution < 1.29 is 9.53 Å². The molecule has 1 rings (SSSR count). The monoisotopic (exact) mass is 211 g/mol. The Balaban J connectivity index is 2.55. The fourth-order valence-corrected chi connectivity index (χ4v) is 2.07. The van der Waals surface area contributed by atoms with Crippen LogP contribution in [0, 0.1) is 11.8 Å². The predicted octanol–water partition coefficient (Wildman–Crippen LogP) is 1.74. The lowest BCUT2D eigenvalue weighted by molar-refractivity contribution is -0.127. The number of carbonyl (C=O) groups is 1. The van der Waals surface area contributed by atoms with Crippen LogP contribution in [0.15, 0.2) is 12.2 Å². The zero-order valence-electron chi connectivity index (χ0n) is 10.0. The minimum Gasteiger partial charge on any atom is -0.374 e. The van der Waals surface area contributed by atoms with Gasteiger partial charge in [0.05, 0.1) is 18.1 Å². The lowest BCUT2D eigenvalue weighted by Crippen LogP contribution is -2.37. The maximum atomic E-state index is 11.9. The molecule has 0 bridgehead atoms. The van der Waals surface area contributed by atoms with Gasteiger partial charge >= 0.3 is 0 Å². The van der Waals surface area contributed by atoms with Crippen LogP contribution in [0.2, 0.25) is 0 Å². The summed E-state index contributed by atoms with van der Waals surface area (Å²) in [6.07, 6.45) is 0.181. The highest BCUT2D eigenvalue weighted by atomic mass is 16.5. The molecule has 4 unspecified atom stereocenters. The van der Waals surface area contributed by atoms with Crippen LogP contribution in [-0.2, 0) is 9.53 Å². The van der Waals surface area contributed by atoms with E-state index in [4.69, 9.17) is 4.74 Å². The Morgan fingerprint density at radius 3 is 2.33 bits per heavy atom. The summed E-state index contributed by atoms with van der Waals surface area (Å²) in [5, 5.41) is 2.89. The van der Waals surface area contributed by atoms with Crippen molar-refractivity contribution in [2.24, 2.45) is 11.8 Å². The molecule has 4 atom stereocenters. The van der Waals surface area contributed by atoms with E-state index in [2.05, 4.69) is 18.8 Å². The van der Waals surface area contributed by atoms with E-state index < -0.39 is 0 Å². The summed E-state index contributed by atoms with van der Waals surface area (Å²) >= 11 is 0. The van der Waals surface area contributed by atoms with E-state index in [1.54, 1.807) is 0 Å². The molecule has 0 aliphatic carbocycles. The Kier molecular flexibility index (Phi) is 3.91. The van der Waals surface area contributed by atoms with Crippen LogP contribution in [0.1, 0.15) is 27.7 Å². The summed E-state index contributed by atoms with van der Waals surface area (Å²) in [6, 6.07) is 0. The molecule has 3 heteroatoms. The van der Waals surface area contributed by atoms with E-state index >= 15 is 0 Å². The van der Waals surface area contributed by atoms with Gasteiger partial charge in [-0.15, -0.1) is 0 Å². The first kappa shape index (κ1) is 12.2. The minimum atomic E-state index is -0.0284. The Morgan fingerprint density at radius 1 is 1.33 bits per heavy atom. The van der Waals surface area contributed by atoms with Crippen LogP contribution in [0.4, 0.5) is 0 Å². The standard InChI is InChI=1S/C12H21NO2/c1-7(2)6-13-12(14)11-8(3)9(4)15-10(11)5/h8-11H,1,6H2,2-5H3,(H,13,14). The maximum Gasteiger partial charge on any atom is 0.226 e. The average molecular weight is 211 g/mol. The first-order chi connectivity index (χ1) is 6.93. The van der Waals surface area contributed by atoms with Crippen molar-refractivity contribution in [2.45, 2.75) is 39.9 Å². The van der Waals surface area contributed by atoms with E-state index in [0.717, 1.165) is 5.57 Å². The fraction of sp³-hybridized carbons (Fsp3) is 0.750. The SMILES string of the molecule is C=C(C)CNC(=O)C1C(C)OC(C)C1C. The van der Waals surface area contributed by atoms with Gasteiger partial charge in [-0.25, -0.2) is 0 Å². The lowest BCUT2D eigenvalue weighted by Gasteiger charge is -2.17. The number of hydrogen-bond donors (Lipinski definition) is 1. The number of carbonyl (C=O) groups excluding carboxylic acids is 1. The molecule has 1 fully saturated rings. The van der Waals surface area contributed by atoms with Gasteiger partial charge in [-0.05, 0) is 26.7 Å². The van der Waals surface area contributed by atoms with Crippen molar-refractivity contribution in [1.82, 2.24) is 5.32 Å². The van der Waals surface area contributed by atoms with Gasteiger partial charge in [0.15, 0.2) is 0 Å². The van der Waals surface area contributed by atoms with E-state index in [1.165, 1.54) is 0 Å². The van der Waals surface area contributed by atoms with Gasteiger partial charge < -0.3 is 10.1 Å². The second-order valence-electron chi connectivity index (χ2n) is 4.61. The van der Waals surface area contributed by atoms with Crippen LogP contribution >= 0.6 is 0 Å². The fourth-order valence-electron chi connectivity index (χ4n) is 2.07. The molecule has 0 radical (unpaired) electrons. The molecule has 1 heterocycles. The van der Waals surface area contributed by atoms with Crippen LogP contribution in [0.5, 0.6) is 0 Å². The number of nitrogens with one attached hydrogen (secondary N) is 1. The lowest BCUT2D eigenvalue weighted by atomic mass is 9.89. The van der Waals surface area contributed by atoms with E-state index in [-0.39, 0.29) is 30.0 Å². The van der Waals surface area contributed by atoms with Crippen LogP contribution < -0.4 is 5.32 Å². The quantitative estimate of drug-likeness (QED) is 0.722. The topological polar surface area (TPSA) is 38.3 Å². The van der Waals surface area contributed by atoms with Crippen LogP contribution in [0.3, 0.4) is 0 Å². The molecule has 3 nitrogen and oxygen atoms in total. The molecule has 0 spiro atoms. The van der Waals surface area contributed by atoms with Crippen LogP contribution in [-0.4, -0.2) is 24.7 Å². The van der Waals surface area contributed by atoms with Crippen molar-refractivity contribution in [1.29, 1.82) is 0 Å². The zero-order valence-corrected chi connectivity index (χ0v) is 10.0. The predicted molar refractivity (Wildman–Crippen MR) is 60.5 cm³/mol. The van der Waals surface area contributed by atoms with Crippen molar-refractivity contribution in [2.75, 3.05) is 6.54 Å². The Bertz CT molecular complexity index is 262. The second kappa shape index (κ2) is 4.79. The summed E-state index contributed by atoms with van der Waals surface area (Å²) < 4.78 is 5.63. The average Bonchev–Trinajstić information content (AvgIpc) is 2.37. The van der Waals surface area contributed by atoms with Crippen molar-refractivity contribution >= 4 is 5.91 Å². The van der Waals surface area contributed by atoms with Gasteiger partial charge in [0.2, 0.25) is 5.91 Å². The normalized spacial score (nSPS) is 35.2. The Morgan fingerprint density at radius 2 is 1.93 bits per heavy atom. The highest BCUT2D eigenvalue weighted by Gasteiger charge is 2.41. The summed E-state index contributed by atoms with van der Waals surface area (Å²) in [4.78, 5) is 11.9. The molecule has 1 saturated heterocycles. The summed E-state index contributed by atoms with van der Waals surface area (Å²) in [5.41, 5.74) is 0.968. The van der Waals surface area contributed by atoms with Crippen molar-refractivity contribution in [3.05, 3.63) is 12.2 Å². The van der Waals surface area contributed by atoms with Gasteiger partial charge in [-0.3, -0.25) is 4.79 Å². The molecule has 0 aromatic carbocycles.